The Kier molecular flexibility index (Phi) is 16.0. The summed E-state index contributed by atoms with van der Waals surface area (Å²) in [5.41, 5.74) is 1.86. The zero-order valence-corrected chi connectivity index (χ0v) is 34.0. The summed E-state index contributed by atoms with van der Waals surface area (Å²) in [5, 5.41) is 47.0. The fraction of sp³-hybridized carbons (Fsp3) is 0. The highest BCUT2D eigenvalue weighted by Crippen LogP contribution is 2.37. The minimum atomic E-state index is -4.78. The first-order valence-electron chi connectivity index (χ1n) is 16.5. The Morgan fingerprint density at radius 3 is 1.47 bits per heavy atom. The number of nitro benzene ring substituents is 1. The minimum absolute atomic E-state index is 0.0289. The molecule has 0 aromatic heterocycles. The molecule has 0 unspecified atom stereocenters. The number of aromatic hydroxyl groups is 1. The molecule has 0 bridgehead atoms. The Balaban J connectivity index is 0.000000972. The van der Waals surface area contributed by atoms with Crippen molar-refractivity contribution < 1.29 is 61.2 Å². The van der Waals surface area contributed by atoms with Gasteiger partial charge in [-0.25, -0.2) is 0 Å². The van der Waals surface area contributed by atoms with E-state index in [1.54, 1.807) is 60.7 Å². The first-order chi connectivity index (χ1) is 29.2. The van der Waals surface area contributed by atoms with Crippen LogP contribution in [0.15, 0.2) is 162 Å². The second kappa shape index (κ2) is 21.1. The highest BCUT2D eigenvalue weighted by Gasteiger charge is 2.19. The van der Waals surface area contributed by atoms with Crippen LogP contribution in [0.2, 0.25) is 0 Å². The third kappa shape index (κ3) is 14.3. The van der Waals surface area contributed by atoms with Crippen LogP contribution in [0.4, 0.5) is 39.8 Å². The molecular weight excluding hydrogens is 899 g/mol. The maximum absolute atomic E-state index is 12.3. The number of rotatable bonds is 11. The first-order valence-corrected chi connectivity index (χ1v) is 21.3. The summed E-state index contributed by atoms with van der Waals surface area (Å²) in [7, 11) is -15.7. The van der Waals surface area contributed by atoms with Gasteiger partial charge in [-0.1, -0.05) is 48.6 Å². The van der Waals surface area contributed by atoms with E-state index < -0.39 is 61.9 Å². The molecule has 3 N–H and O–H groups in total. The Bertz CT molecular complexity index is 3200. The van der Waals surface area contributed by atoms with Crippen LogP contribution in [-0.2, 0) is 41.5 Å². The van der Waals surface area contributed by atoms with Crippen LogP contribution < -0.4 is 0 Å². The minimum Gasteiger partial charge on any atom is -0.508 e. The van der Waals surface area contributed by atoms with Crippen molar-refractivity contribution in [3.8, 4) is 5.75 Å². The monoisotopic (exact) mass is 923 g/mol. The molecular formula is C36H25N7O15S4. The third-order valence-corrected chi connectivity index (χ3v) is 9.40. The Morgan fingerprint density at radius 2 is 0.952 bits per heavy atom. The lowest BCUT2D eigenvalue weighted by Crippen LogP contribution is -2.02. The zero-order chi connectivity index (χ0) is 45.6. The SMILES string of the molecule is O=S(=O)=O.O=S(=O)=O.O=[N+]([O-])c1ccc(/C=C/c2ccc(N=Nc3ccc(N=Nc4ccc(N=Nc5ccc(O)cc5)c5ccccc45)c(S(=O)(=O)O)c3)cc2)c(S(=O)(=O)O)c1. The Labute approximate surface area is 352 Å². The first kappa shape index (κ1) is 47.1. The summed E-state index contributed by atoms with van der Waals surface area (Å²) in [6.07, 6.45) is 2.88. The average Bonchev–Trinajstić information content (AvgIpc) is 3.20. The van der Waals surface area contributed by atoms with Gasteiger partial charge < -0.3 is 5.11 Å². The van der Waals surface area contributed by atoms with Crippen LogP contribution in [-0.4, -0.2) is 61.2 Å². The summed E-state index contributed by atoms with van der Waals surface area (Å²) in [6, 6.07) is 30.0. The largest absolute Gasteiger partial charge is 0.508 e. The number of hydrogen-bond acceptors (Lipinski definition) is 19. The van der Waals surface area contributed by atoms with Gasteiger partial charge in [-0.05, 0) is 83.9 Å². The molecule has 0 saturated heterocycles. The second-order valence-electron chi connectivity index (χ2n) is 11.7. The Hall–Kier alpha value is -7.62. The smallest absolute Gasteiger partial charge is 0.425 e. The van der Waals surface area contributed by atoms with Crippen molar-refractivity contribution in [1.29, 1.82) is 0 Å². The number of fused-ring (bicyclic) bond motifs is 1. The summed E-state index contributed by atoms with van der Waals surface area (Å²) < 4.78 is 118. The molecule has 6 aromatic rings. The number of non-ortho nitro benzene ring substituents is 1. The number of hydrogen-bond donors (Lipinski definition) is 3. The molecule has 22 nitrogen and oxygen atoms in total. The highest BCUT2D eigenvalue weighted by molar-refractivity contribution is 7.86. The molecule has 0 aliphatic rings. The van der Waals surface area contributed by atoms with Gasteiger partial charge in [-0.3, -0.25) is 19.2 Å². The number of nitro groups is 1. The van der Waals surface area contributed by atoms with Crippen LogP contribution in [0.25, 0.3) is 22.9 Å². The molecule has 0 aliphatic carbocycles. The fourth-order valence-electron chi connectivity index (χ4n) is 4.99. The number of nitrogens with zero attached hydrogens (tertiary/aromatic N) is 7. The lowest BCUT2D eigenvalue weighted by Gasteiger charge is -2.05. The van der Waals surface area contributed by atoms with E-state index in [-0.39, 0.29) is 22.7 Å². The third-order valence-electron chi connectivity index (χ3n) is 7.60. The van der Waals surface area contributed by atoms with Gasteiger partial charge in [-0.15, -0.1) is 40.6 Å². The molecule has 26 heteroatoms. The van der Waals surface area contributed by atoms with E-state index in [9.17, 15) is 41.2 Å². The van der Waals surface area contributed by atoms with Crippen molar-refractivity contribution in [2.75, 3.05) is 0 Å². The molecule has 0 aliphatic heterocycles. The molecule has 6 aromatic carbocycles. The summed E-state index contributed by atoms with van der Waals surface area (Å²) >= 11 is 0. The molecule has 0 fully saturated rings. The predicted molar refractivity (Wildman–Crippen MR) is 219 cm³/mol. The number of azo groups is 3. The van der Waals surface area contributed by atoms with Crippen molar-refractivity contribution in [3.63, 3.8) is 0 Å². The second-order valence-corrected chi connectivity index (χ2v) is 15.3. The van der Waals surface area contributed by atoms with Crippen molar-refractivity contribution in [2.45, 2.75) is 9.79 Å². The maximum Gasteiger partial charge on any atom is 0.425 e. The van der Waals surface area contributed by atoms with Gasteiger partial charge >= 0.3 is 21.2 Å². The van der Waals surface area contributed by atoms with Gasteiger partial charge in [0.1, 0.15) is 21.2 Å². The lowest BCUT2D eigenvalue weighted by atomic mass is 10.1. The Morgan fingerprint density at radius 1 is 0.516 bits per heavy atom. The van der Waals surface area contributed by atoms with E-state index in [4.69, 9.17) is 25.3 Å². The van der Waals surface area contributed by atoms with Gasteiger partial charge in [0.25, 0.3) is 25.9 Å². The normalized spacial score (nSPS) is 11.6. The van der Waals surface area contributed by atoms with Crippen molar-refractivity contribution in [2.24, 2.45) is 30.7 Å². The molecule has 0 spiro atoms. The van der Waals surface area contributed by atoms with Crippen LogP contribution in [0.3, 0.4) is 0 Å². The van der Waals surface area contributed by atoms with E-state index in [1.807, 2.05) is 12.1 Å². The lowest BCUT2D eigenvalue weighted by molar-refractivity contribution is -0.385. The predicted octanol–water partition coefficient (Wildman–Crippen LogP) is 8.36. The quantitative estimate of drug-likeness (QED) is 0.0361. The zero-order valence-electron chi connectivity index (χ0n) is 30.7. The van der Waals surface area contributed by atoms with E-state index in [0.29, 0.717) is 39.1 Å². The van der Waals surface area contributed by atoms with E-state index in [2.05, 4.69) is 30.7 Å². The molecule has 62 heavy (non-hydrogen) atoms. The standard InChI is InChI=1S/C36H25N7O9S2.2O3S/c44-29-16-12-26(13-17-29)38-40-32-19-20-33(31-4-2-1-3-30(31)32)41-42-34-18-14-27(21-36(34)54(50,51)52)39-37-25-10-6-23(7-11-25)5-8-24-9-15-28(43(45)46)22-35(24)53(47,48)49;2*1-4(2)3/h1-22,44H,(H,47,48,49)(H,50,51,52);;/b8-5+,39-37?,40-38?,42-41?;;. The van der Waals surface area contributed by atoms with Crippen LogP contribution in [0.5, 0.6) is 5.75 Å². The fourth-order valence-corrected chi connectivity index (χ4v) is 6.33. The molecule has 318 valence electrons. The van der Waals surface area contributed by atoms with Crippen LogP contribution >= 0.6 is 0 Å². The van der Waals surface area contributed by atoms with Crippen LogP contribution in [0, 0.1) is 10.1 Å². The summed E-state index contributed by atoms with van der Waals surface area (Å²) in [6.45, 7) is 0. The van der Waals surface area contributed by atoms with Gasteiger partial charge in [0.2, 0.25) is 0 Å². The number of benzene rings is 6. The maximum atomic E-state index is 12.3. The molecule has 6 rings (SSSR count). The highest BCUT2D eigenvalue weighted by atomic mass is 32.2. The molecule has 0 heterocycles. The molecule has 0 saturated carbocycles. The van der Waals surface area contributed by atoms with E-state index in [1.165, 1.54) is 42.5 Å². The van der Waals surface area contributed by atoms with Crippen molar-refractivity contribution in [1.82, 2.24) is 0 Å². The summed E-state index contributed by atoms with van der Waals surface area (Å²) in [4.78, 5) is 9.08. The number of phenolic OH excluding ortho intramolecular Hbond substituents is 1. The number of phenols is 1. The molecule has 0 amide bonds. The van der Waals surface area contributed by atoms with Crippen molar-refractivity contribution >= 4 is 104 Å². The van der Waals surface area contributed by atoms with E-state index >= 15 is 0 Å². The van der Waals surface area contributed by atoms with E-state index in [0.717, 1.165) is 18.2 Å². The van der Waals surface area contributed by atoms with Gasteiger partial charge in [0.15, 0.2) is 0 Å². The van der Waals surface area contributed by atoms with Gasteiger partial charge in [0, 0.05) is 22.9 Å². The topological polar surface area (TPSA) is 349 Å². The molecule has 0 radical (unpaired) electrons. The summed E-state index contributed by atoms with van der Waals surface area (Å²) in [5.74, 6) is 0.104. The molecule has 0 atom stereocenters. The van der Waals surface area contributed by atoms with Crippen LogP contribution in [0.1, 0.15) is 11.1 Å². The average molecular weight is 924 g/mol. The van der Waals surface area contributed by atoms with Gasteiger partial charge in [-0.2, -0.15) is 32.2 Å². The van der Waals surface area contributed by atoms with Crippen molar-refractivity contribution in [3.05, 3.63) is 143 Å². The van der Waals surface area contributed by atoms with Gasteiger partial charge in [0.05, 0.1) is 33.4 Å².